The number of nitrogens with zero attached hydrogens (tertiary/aromatic N) is 4. The van der Waals surface area contributed by atoms with E-state index in [1.807, 2.05) is 0 Å². The molecule has 0 bridgehead atoms. The second-order valence-corrected chi connectivity index (χ2v) is 10.8. The summed E-state index contributed by atoms with van der Waals surface area (Å²) < 4.78 is 18.5. The summed E-state index contributed by atoms with van der Waals surface area (Å²) in [5, 5.41) is 23.6. The molecule has 35 heavy (non-hydrogen) atoms. The molecule has 1 saturated heterocycles. The maximum atomic E-state index is 13.1. The number of aryl methyl sites for hydroxylation is 1. The number of ether oxygens (including phenoxy) is 1. The molecule has 0 spiro atoms. The Bertz CT molecular complexity index is 1220. The average Bonchev–Trinajstić information content (AvgIpc) is 3.20. The number of carbonyl (C=O) groups is 3. The molecule has 2 aliphatic rings. The van der Waals surface area contributed by atoms with Crippen LogP contribution >= 0.6 is 23.1 Å². The normalized spacial score (nSPS) is 23.3. The Morgan fingerprint density at radius 1 is 1.43 bits per heavy atom. The maximum Gasteiger partial charge on any atom is 1.00 e. The van der Waals surface area contributed by atoms with E-state index in [0.29, 0.717) is 10.7 Å². The van der Waals surface area contributed by atoms with Gasteiger partial charge in [-0.15, -0.1) is 28.2 Å². The van der Waals surface area contributed by atoms with Crippen molar-refractivity contribution in [3.63, 3.8) is 0 Å². The number of thioether (sulfide) groups is 1. The maximum absolute atomic E-state index is 13.1. The third kappa shape index (κ3) is 5.30. The molecule has 4 heterocycles. The second kappa shape index (κ2) is 11.0. The van der Waals surface area contributed by atoms with Crippen molar-refractivity contribution in [3.8, 4) is 0 Å². The monoisotopic (exact) mass is 546 g/mol. The number of nitrogens with two attached hydrogens (primary N) is 1. The Hall–Kier alpha value is -1.88. The molecule has 2 aromatic rings. The van der Waals surface area contributed by atoms with Gasteiger partial charge in [0.25, 0.3) is 11.6 Å². The molecule has 0 aliphatic carbocycles. The van der Waals surface area contributed by atoms with Crippen LogP contribution in [0.1, 0.15) is 11.4 Å². The second-order valence-electron chi connectivity index (χ2n) is 7.44. The van der Waals surface area contributed by atoms with Crippen molar-refractivity contribution in [2.45, 2.75) is 29.5 Å². The van der Waals surface area contributed by atoms with E-state index in [1.165, 1.54) is 18.9 Å². The number of thiazole rings is 1. The van der Waals surface area contributed by atoms with Crippen LogP contribution in [0, 0.1) is 6.92 Å². The Morgan fingerprint density at radius 3 is 2.74 bits per heavy atom. The number of anilines is 1. The molecule has 16 heteroatoms. The number of nitrogens with one attached hydrogen (secondary N) is 1. The van der Waals surface area contributed by atoms with Gasteiger partial charge >= 0.3 is 29.6 Å². The number of carboxylic acid groups (broad SMARTS) is 1. The fourth-order valence-corrected chi connectivity index (χ4v) is 6.99. The Balaban J connectivity index is 0.00000342. The molecule has 2 aliphatic heterocycles. The van der Waals surface area contributed by atoms with Gasteiger partial charge in [-0.1, -0.05) is 0 Å². The third-order valence-electron chi connectivity index (χ3n) is 5.18. The molecular weight excluding hydrogens is 527 g/mol. The number of methoxy groups -OCH3 is 1. The first kappa shape index (κ1) is 27.7. The van der Waals surface area contributed by atoms with Crippen LogP contribution in [0.5, 0.6) is 0 Å². The Kier molecular flexibility index (Phi) is 8.73. The predicted molar refractivity (Wildman–Crippen MR) is 121 cm³/mol. The summed E-state index contributed by atoms with van der Waals surface area (Å²) in [6.07, 6.45) is -0.186. The molecule has 12 nitrogen and oxygen atoms in total. The molecular formula is C19H19N6NaO6S3. The van der Waals surface area contributed by atoms with E-state index >= 15 is 0 Å². The number of rotatable bonds is 8. The molecule has 3 N–H and O–H groups in total. The fourth-order valence-electron chi connectivity index (χ4n) is 3.67. The fraction of sp³-hybridized carbons (Fsp3) is 0.368. The van der Waals surface area contributed by atoms with Crippen LogP contribution in [0.15, 0.2) is 33.8 Å². The Morgan fingerprint density at radius 2 is 2.17 bits per heavy atom. The summed E-state index contributed by atoms with van der Waals surface area (Å²) in [5.41, 5.74) is 4.60. The molecule has 2 aromatic heterocycles. The van der Waals surface area contributed by atoms with Crippen LogP contribution in [0.3, 0.4) is 0 Å². The van der Waals surface area contributed by atoms with Gasteiger partial charge < -0.3 is 25.7 Å². The molecule has 0 saturated carbocycles. The number of hydrogen-bond acceptors (Lipinski definition) is 12. The van der Waals surface area contributed by atoms with Gasteiger partial charge in [-0.2, -0.15) is 5.10 Å². The van der Waals surface area contributed by atoms with Crippen molar-refractivity contribution in [2.24, 2.45) is 0 Å². The average molecular weight is 547 g/mol. The molecule has 2 amide bonds. The number of carbonyl (C=O) groups excluding carboxylic acids is 3. The molecule has 1 fully saturated rings. The summed E-state index contributed by atoms with van der Waals surface area (Å²) in [7, 11) is -0.594. The summed E-state index contributed by atoms with van der Waals surface area (Å²) in [4.78, 5) is 42.6. The first-order valence-electron chi connectivity index (χ1n) is 9.79. The van der Waals surface area contributed by atoms with Gasteiger partial charge in [-0.05, 0) is 24.6 Å². The minimum Gasteiger partial charge on any atom is -0.543 e. The number of aromatic nitrogens is 3. The minimum atomic E-state index is -1.97. The van der Waals surface area contributed by atoms with Crippen molar-refractivity contribution in [1.29, 1.82) is 0 Å². The number of aliphatic carboxylic acids is 1. The molecule has 0 aromatic carbocycles. The van der Waals surface area contributed by atoms with Gasteiger partial charge in [-0.25, -0.2) is 4.98 Å². The standard InChI is InChI=1S/C19H20N6O6S3.Na/c1-9-3-4-13(24-23-9)32-6-10-8-34(30)17-19(31-2,16(29)25(17)14(10)15(27)28)22-12(26)5-11-7-33-18(20)21-11;/h3-4,7,17H,5-6,8H2,1-2H3,(H2,20,21)(H,22,26)(H,27,28);/q;+1/p-1/t17-,19-,34?;/m0./s1. The van der Waals surface area contributed by atoms with E-state index in [2.05, 4.69) is 20.5 Å². The number of nitrogen functional groups attached to an aromatic ring is 1. The first-order valence-corrected chi connectivity index (χ1v) is 13.0. The molecule has 0 radical (unpaired) electrons. The predicted octanol–water partition coefficient (Wildman–Crippen LogP) is -4.44. The van der Waals surface area contributed by atoms with Crippen molar-refractivity contribution < 1.29 is 58.0 Å². The largest absolute Gasteiger partial charge is 1.00 e. The molecule has 4 rings (SSSR count). The van der Waals surface area contributed by atoms with Gasteiger partial charge in [0, 0.05) is 18.2 Å². The van der Waals surface area contributed by atoms with Crippen molar-refractivity contribution in [3.05, 3.63) is 40.2 Å². The van der Waals surface area contributed by atoms with Crippen LogP contribution < -0.4 is 45.7 Å². The van der Waals surface area contributed by atoms with E-state index in [1.54, 1.807) is 24.4 Å². The van der Waals surface area contributed by atoms with Gasteiger partial charge in [-0.3, -0.25) is 18.7 Å². The topological polar surface area (TPSA) is 181 Å². The zero-order valence-corrected chi connectivity index (χ0v) is 23.4. The third-order valence-corrected chi connectivity index (χ3v) is 8.58. The van der Waals surface area contributed by atoms with E-state index < -0.39 is 39.7 Å². The minimum absolute atomic E-state index is 0. The van der Waals surface area contributed by atoms with E-state index in [9.17, 15) is 23.7 Å². The first-order chi connectivity index (χ1) is 16.2. The van der Waals surface area contributed by atoms with E-state index in [4.69, 9.17) is 10.5 Å². The summed E-state index contributed by atoms with van der Waals surface area (Å²) in [6.45, 7) is 1.78. The van der Waals surface area contributed by atoms with Gasteiger partial charge in [0.05, 0.1) is 46.0 Å². The van der Waals surface area contributed by atoms with E-state index in [-0.39, 0.29) is 63.9 Å². The van der Waals surface area contributed by atoms with Crippen molar-refractivity contribution >= 4 is 56.8 Å². The molecule has 1 unspecified atom stereocenters. The van der Waals surface area contributed by atoms with Crippen molar-refractivity contribution in [2.75, 3.05) is 24.3 Å². The number of carboxylic acids is 1. The van der Waals surface area contributed by atoms with Gasteiger partial charge in [0.2, 0.25) is 5.91 Å². The zero-order valence-electron chi connectivity index (χ0n) is 19.0. The number of β-lactam (4-membered cyclic amide) rings is 1. The van der Waals surface area contributed by atoms with Crippen LogP contribution in [0.4, 0.5) is 5.13 Å². The van der Waals surface area contributed by atoms with Crippen LogP contribution in [0.25, 0.3) is 0 Å². The molecule has 180 valence electrons. The summed E-state index contributed by atoms with van der Waals surface area (Å²) in [5.74, 6) is -3.09. The van der Waals surface area contributed by atoms with Gasteiger partial charge in [0.15, 0.2) is 10.5 Å². The quantitative estimate of drug-likeness (QED) is 0.141. The number of amides is 2. The smallest absolute Gasteiger partial charge is 0.543 e. The van der Waals surface area contributed by atoms with Crippen LogP contribution in [0.2, 0.25) is 0 Å². The van der Waals surface area contributed by atoms with E-state index in [0.717, 1.165) is 21.9 Å². The van der Waals surface area contributed by atoms with Crippen LogP contribution in [-0.2, 0) is 36.3 Å². The SMILES string of the molecule is CO[C@@]1(NC(=O)Cc2csc(N)n2)C(=O)N2C(C(=O)[O-])=C(CSc3ccc(C)nn3)CS(=O)[C@H]21.[Na+]. The van der Waals surface area contributed by atoms with Gasteiger partial charge in [0.1, 0.15) is 5.03 Å². The number of fused-ring (bicyclic) bond motifs is 1. The van der Waals surface area contributed by atoms with Crippen LogP contribution in [-0.4, -0.2) is 71.8 Å². The number of hydrogen-bond donors (Lipinski definition) is 2. The summed E-state index contributed by atoms with van der Waals surface area (Å²) >= 11 is 2.35. The van der Waals surface area contributed by atoms with Crippen molar-refractivity contribution in [1.82, 2.24) is 25.4 Å². The molecule has 3 atom stereocenters. The summed E-state index contributed by atoms with van der Waals surface area (Å²) in [6, 6.07) is 3.48. The zero-order chi connectivity index (χ0) is 24.6. The Labute approximate surface area is 232 Å².